The Kier molecular flexibility index (Phi) is 6.03. The third-order valence-electron chi connectivity index (χ3n) is 5.05. The van der Waals surface area contributed by atoms with Crippen molar-refractivity contribution in [3.05, 3.63) is 41.6 Å². The summed E-state index contributed by atoms with van der Waals surface area (Å²) in [5.74, 6) is 0.324. The molecule has 0 unspecified atom stereocenters. The van der Waals surface area contributed by atoms with Gasteiger partial charge in [-0.1, -0.05) is 32.4 Å². The highest BCUT2D eigenvalue weighted by atomic mass is 16.2. The second-order valence-electron chi connectivity index (χ2n) is 6.94. The van der Waals surface area contributed by atoms with E-state index in [1.54, 1.807) is 0 Å². The van der Waals surface area contributed by atoms with E-state index in [1.807, 2.05) is 4.90 Å². The number of hydrogen-bond donors (Lipinski definition) is 0. The van der Waals surface area contributed by atoms with Gasteiger partial charge in [0.25, 0.3) is 0 Å². The zero-order valence-corrected chi connectivity index (χ0v) is 15.5. The molecule has 0 saturated carbocycles. The Morgan fingerprint density at radius 1 is 1.08 bits per heavy atom. The van der Waals surface area contributed by atoms with E-state index in [2.05, 4.69) is 54.1 Å². The van der Waals surface area contributed by atoms with Gasteiger partial charge in [0, 0.05) is 50.2 Å². The van der Waals surface area contributed by atoms with Crippen LogP contribution in [0.1, 0.15) is 44.4 Å². The maximum Gasteiger partial charge on any atom is 0.222 e. The molecule has 1 aromatic carbocycles. The van der Waals surface area contributed by atoms with Crippen molar-refractivity contribution < 1.29 is 4.79 Å². The SMILES string of the molecule is CCCCC(=O)N1CCN(Cc2ccc3nc(CC)ccc3c2)CC1. The monoisotopic (exact) mass is 339 g/mol. The van der Waals surface area contributed by atoms with Crippen molar-refractivity contribution >= 4 is 16.8 Å². The van der Waals surface area contributed by atoms with Crippen LogP contribution in [0.25, 0.3) is 10.9 Å². The molecule has 0 bridgehead atoms. The summed E-state index contributed by atoms with van der Waals surface area (Å²) < 4.78 is 0. The van der Waals surface area contributed by atoms with Gasteiger partial charge in [0.2, 0.25) is 5.91 Å². The topological polar surface area (TPSA) is 36.4 Å². The van der Waals surface area contributed by atoms with Crippen molar-refractivity contribution in [3.63, 3.8) is 0 Å². The van der Waals surface area contributed by atoms with Gasteiger partial charge < -0.3 is 4.90 Å². The van der Waals surface area contributed by atoms with Crippen LogP contribution in [0.4, 0.5) is 0 Å². The third kappa shape index (κ3) is 4.57. The highest BCUT2D eigenvalue weighted by Crippen LogP contribution is 2.17. The quantitative estimate of drug-likeness (QED) is 0.806. The van der Waals surface area contributed by atoms with Crippen molar-refractivity contribution in [2.24, 2.45) is 0 Å². The van der Waals surface area contributed by atoms with E-state index in [0.717, 1.165) is 63.2 Å². The lowest BCUT2D eigenvalue weighted by atomic mass is 10.1. The normalized spacial score (nSPS) is 15.7. The fourth-order valence-corrected chi connectivity index (χ4v) is 3.41. The molecule has 0 N–H and O–H groups in total. The highest BCUT2D eigenvalue weighted by Gasteiger charge is 2.20. The Bertz CT molecular complexity index is 720. The minimum absolute atomic E-state index is 0.324. The molecule has 1 aliphatic heterocycles. The molecule has 1 aromatic heterocycles. The highest BCUT2D eigenvalue weighted by molar-refractivity contribution is 5.79. The summed E-state index contributed by atoms with van der Waals surface area (Å²) in [4.78, 5) is 21.3. The Hall–Kier alpha value is -1.94. The van der Waals surface area contributed by atoms with E-state index in [0.29, 0.717) is 12.3 Å². The summed E-state index contributed by atoms with van der Waals surface area (Å²) in [5, 5.41) is 1.21. The Morgan fingerprint density at radius 2 is 1.88 bits per heavy atom. The molecule has 0 spiro atoms. The van der Waals surface area contributed by atoms with Crippen LogP contribution in [0.15, 0.2) is 30.3 Å². The van der Waals surface area contributed by atoms with Crippen molar-refractivity contribution in [3.8, 4) is 0 Å². The number of pyridine rings is 1. The number of aryl methyl sites for hydroxylation is 1. The first-order valence-electron chi connectivity index (χ1n) is 9.58. The average Bonchev–Trinajstić information content (AvgIpc) is 2.66. The number of carbonyl (C=O) groups is 1. The van der Waals surface area contributed by atoms with E-state index in [1.165, 1.54) is 10.9 Å². The molecular formula is C21H29N3O. The van der Waals surface area contributed by atoms with Crippen LogP contribution in [0, 0.1) is 0 Å². The van der Waals surface area contributed by atoms with Crippen LogP contribution in [0.5, 0.6) is 0 Å². The van der Waals surface area contributed by atoms with Gasteiger partial charge in [-0.2, -0.15) is 0 Å². The van der Waals surface area contributed by atoms with E-state index in [4.69, 9.17) is 0 Å². The number of benzene rings is 1. The lowest BCUT2D eigenvalue weighted by Crippen LogP contribution is -2.48. The van der Waals surface area contributed by atoms with Crippen molar-refractivity contribution in [2.45, 2.75) is 46.1 Å². The lowest BCUT2D eigenvalue weighted by molar-refractivity contribution is -0.133. The summed E-state index contributed by atoms with van der Waals surface area (Å²) >= 11 is 0. The van der Waals surface area contributed by atoms with Gasteiger partial charge in [-0.25, -0.2) is 0 Å². The van der Waals surface area contributed by atoms with Gasteiger partial charge in [-0.15, -0.1) is 0 Å². The Balaban J connectivity index is 1.57. The molecule has 3 rings (SSSR count). The molecule has 0 atom stereocenters. The molecule has 0 radical (unpaired) electrons. The molecule has 25 heavy (non-hydrogen) atoms. The van der Waals surface area contributed by atoms with Gasteiger partial charge in [-0.05, 0) is 36.6 Å². The van der Waals surface area contributed by atoms with Crippen LogP contribution < -0.4 is 0 Å². The molecule has 1 aliphatic rings. The molecule has 0 aliphatic carbocycles. The van der Waals surface area contributed by atoms with Crippen LogP contribution in [0.3, 0.4) is 0 Å². The van der Waals surface area contributed by atoms with Crippen molar-refractivity contribution in [2.75, 3.05) is 26.2 Å². The third-order valence-corrected chi connectivity index (χ3v) is 5.05. The molecule has 4 heteroatoms. The van der Waals surface area contributed by atoms with E-state index >= 15 is 0 Å². The summed E-state index contributed by atoms with van der Waals surface area (Å²) in [6, 6.07) is 10.9. The minimum Gasteiger partial charge on any atom is -0.340 e. The number of aromatic nitrogens is 1. The van der Waals surface area contributed by atoms with E-state index < -0.39 is 0 Å². The molecule has 1 amide bonds. The van der Waals surface area contributed by atoms with Crippen molar-refractivity contribution in [1.82, 2.24) is 14.8 Å². The van der Waals surface area contributed by atoms with Gasteiger partial charge in [0.05, 0.1) is 5.52 Å². The van der Waals surface area contributed by atoms with Gasteiger partial charge >= 0.3 is 0 Å². The number of fused-ring (bicyclic) bond motifs is 1. The Labute approximate surface area is 150 Å². The summed E-state index contributed by atoms with van der Waals surface area (Å²) in [6.07, 6.45) is 3.76. The van der Waals surface area contributed by atoms with Gasteiger partial charge in [0.1, 0.15) is 0 Å². The fraction of sp³-hybridized carbons (Fsp3) is 0.524. The number of carbonyl (C=O) groups excluding carboxylic acids is 1. The summed E-state index contributed by atoms with van der Waals surface area (Å²) in [5.41, 5.74) is 3.54. The molecule has 1 fully saturated rings. The second-order valence-corrected chi connectivity index (χ2v) is 6.94. The van der Waals surface area contributed by atoms with Crippen LogP contribution >= 0.6 is 0 Å². The molecular weight excluding hydrogens is 310 g/mol. The number of piperazine rings is 1. The number of unbranched alkanes of at least 4 members (excludes halogenated alkanes) is 1. The van der Waals surface area contributed by atoms with E-state index in [9.17, 15) is 4.79 Å². The van der Waals surface area contributed by atoms with Crippen LogP contribution in [0.2, 0.25) is 0 Å². The number of nitrogens with zero attached hydrogens (tertiary/aromatic N) is 3. The average molecular weight is 339 g/mol. The predicted molar refractivity (Wildman–Crippen MR) is 103 cm³/mol. The largest absolute Gasteiger partial charge is 0.340 e. The fourth-order valence-electron chi connectivity index (χ4n) is 3.41. The van der Waals surface area contributed by atoms with Crippen LogP contribution in [-0.2, 0) is 17.8 Å². The first-order chi connectivity index (χ1) is 12.2. The van der Waals surface area contributed by atoms with Crippen LogP contribution in [-0.4, -0.2) is 46.9 Å². The Morgan fingerprint density at radius 3 is 2.60 bits per heavy atom. The zero-order chi connectivity index (χ0) is 17.6. The lowest BCUT2D eigenvalue weighted by Gasteiger charge is -2.34. The first-order valence-corrected chi connectivity index (χ1v) is 9.58. The minimum atomic E-state index is 0.324. The maximum atomic E-state index is 12.1. The summed E-state index contributed by atoms with van der Waals surface area (Å²) in [7, 11) is 0. The first kappa shape index (κ1) is 17.9. The predicted octanol–water partition coefficient (Wildman–Crippen LogP) is 3.63. The van der Waals surface area contributed by atoms with Crippen molar-refractivity contribution in [1.29, 1.82) is 0 Å². The second kappa shape index (κ2) is 8.43. The molecule has 2 aromatic rings. The standard InChI is InChI=1S/C21H29N3O/c1-3-5-6-21(25)24-13-11-23(12-14-24)16-17-7-10-20-18(15-17)8-9-19(4-2)22-20/h7-10,15H,3-6,11-14,16H2,1-2H3. The molecule has 134 valence electrons. The molecule has 1 saturated heterocycles. The molecule has 4 nitrogen and oxygen atoms in total. The van der Waals surface area contributed by atoms with Gasteiger partial charge in [0.15, 0.2) is 0 Å². The number of rotatable bonds is 6. The molecule has 2 heterocycles. The van der Waals surface area contributed by atoms with E-state index in [-0.39, 0.29) is 0 Å². The number of hydrogen-bond acceptors (Lipinski definition) is 3. The number of amides is 1. The van der Waals surface area contributed by atoms with Gasteiger partial charge in [-0.3, -0.25) is 14.7 Å². The summed E-state index contributed by atoms with van der Waals surface area (Å²) in [6.45, 7) is 8.85. The zero-order valence-electron chi connectivity index (χ0n) is 15.5. The maximum absolute atomic E-state index is 12.1. The smallest absolute Gasteiger partial charge is 0.222 e.